The van der Waals surface area contributed by atoms with Gasteiger partial charge in [0.1, 0.15) is 0 Å². The number of fused-ring (bicyclic) bond motifs is 1. The molecule has 2 heterocycles. The normalized spacial score (nSPS) is 23.0. The van der Waals surface area contributed by atoms with Crippen LogP contribution in [0.1, 0.15) is 5.56 Å². The number of halogens is 3. The van der Waals surface area contributed by atoms with Crippen molar-refractivity contribution in [2.24, 2.45) is 0 Å². The smallest absolute Gasteiger partial charge is 0.288 e. The van der Waals surface area contributed by atoms with Crippen LogP contribution >= 0.6 is 0 Å². The highest BCUT2D eigenvalue weighted by Crippen LogP contribution is 2.40. The number of hydrogen-bond donors (Lipinski definition) is 0. The topological polar surface area (TPSA) is 101 Å². The van der Waals surface area contributed by atoms with Crippen LogP contribution in [0, 0.1) is 10.1 Å². The molecule has 2 unspecified atom stereocenters. The Kier molecular flexibility index (Phi) is 4.49. The first kappa shape index (κ1) is 20.1. The zero-order valence-corrected chi connectivity index (χ0v) is 15.9. The zero-order valence-electron chi connectivity index (χ0n) is 15.1. The molecule has 2 aromatic rings. The van der Waals surface area contributed by atoms with Crippen LogP contribution in [0.4, 0.5) is 35.0 Å². The summed E-state index contributed by atoms with van der Waals surface area (Å²) in [6, 6.07) is 6.73. The first-order valence-corrected chi connectivity index (χ1v) is 10.5. The summed E-state index contributed by atoms with van der Waals surface area (Å²) in [6.45, 7) is 0. The molecule has 2 fully saturated rings. The highest BCUT2D eigenvalue weighted by atomic mass is 32.2. The van der Waals surface area contributed by atoms with Crippen LogP contribution in [0.25, 0.3) is 0 Å². The SMILES string of the molecule is O=C1N(c2ccc([N+](=O)[O-])cc2)C2CS(=O)(=O)CC2N1c1cccc(C(F)(F)F)c1. The van der Waals surface area contributed by atoms with E-state index in [1.54, 1.807) is 0 Å². The number of sulfone groups is 1. The zero-order chi connectivity index (χ0) is 21.8. The number of hydrogen-bond acceptors (Lipinski definition) is 5. The summed E-state index contributed by atoms with van der Waals surface area (Å²) in [4.78, 5) is 25.6. The minimum absolute atomic E-state index is 0.0636. The van der Waals surface area contributed by atoms with Gasteiger partial charge < -0.3 is 0 Å². The maximum Gasteiger partial charge on any atom is 0.416 e. The predicted octanol–water partition coefficient (Wildman–Crippen LogP) is 3.23. The van der Waals surface area contributed by atoms with E-state index >= 15 is 0 Å². The average molecular weight is 441 g/mol. The van der Waals surface area contributed by atoms with Crippen molar-refractivity contribution in [3.8, 4) is 0 Å². The highest BCUT2D eigenvalue weighted by Gasteiger charge is 2.54. The van der Waals surface area contributed by atoms with Crippen LogP contribution in [0.3, 0.4) is 0 Å². The quantitative estimate of drug-likeness (QED) is 0.414. The Hall–Kier alpha value is -3.15. The fourth-order valence-corrected chi connectivity index (χ4v) is 5.79. The minimum Gasteiger partial charge on any atom is -0.288 e. The number of carbonyl (C=O) groups is 1. The van der Waals surface area contributed by atoms with Gasteiger partial charge in [0.25, 0.3) is 5.69 Å². The van der Waals surface area contributed by atoms with E-state index in [0.717, 1.165) is 23.1 Å². The number of urea groups is 1. The number of nitro groups is 1. The lowest BCUT2D eigenvalue weighted by atomic mass is 10.1. The van der Waals surface area contributed by atoms with Gasteiger partial charge in [-0.05, 0) is 30.3 Å². The van der Waals surface area contributed by atoms with E-state index in [9.17, 15) is 36.5 Å². The van der Waals surface area contributed by atoms with Gasteiger partial charge in [-0.2, -0.15) is 13.2 Å². The Morgan fingerprint density at radius 3 is 2.07 bits per heavy atom. The summed E-state index contributed by atoms with van der Waals surface area (Å²) in [7, 11) is -3.54. The highest BCUT2D eigenvalue weighted by molar-refractivity contribution is 7.91. The molecule has 158 valence electrons. The summed E-state index contributed by atoms with van der Waals surface area (Å²) in [5.74, 6) is -0.737. The summed E-state index contributed by atoms with van der Waals surface area (Å²) < 4.78 is 63.8. The number of alkyl halides is 3. The van der Waals surface area contributed by atoms with Crippen molar-refractivity contribution in [3.05, 3.63) is 64.2 Å². The lowest BCUT2D eigenvalue weighted by Gasteiger charge is -2.23. The molecule has 0 bridgehead atoms. The molecule has 30 heavy (non-hydrogen) atoms. The third-order valence-corrected chi connectivity index (χ3v) is 6.86. The van der Waals surface area contributed by atoms with Crippen LogP contribution in [-0.4, -0.2) is 43.0 Å². The molecule has 0 N–H and O–H groups in total. The van der Waals surface area contributed by atoms with E-state index in [2.05, 4.69) is 0 Å². The van der Waals surface area contributed by atoms with Gasteiger partial charge in [-0.3, -0.25) is 19.9 Å². The molecular weight excluding hydrogens is 427 g/mol. The molecule has 2 aliphatic rings. The second kappa shape index (κ2) is 6.69. The van der Waals surface area contributed by atoms with Crippen molar-refractivity contribution >= 4 is 32.9 Å². The molecular formula is C18H14F3N3O5S. The van der Waals surface area contributed by atoms with Gasteiger partial charge in [-0.1, -0.05) is 6.07 Å². The number of nitro benzene ring substituents is 1. The number of amides is 2. The number of benzene rings is 2. The van der Waals surface area contributed by atoms with Crippen molar-refractivity contribution in [2.75, 3.05) is 21.3 Å². The van der Waals surface area contributed by atoms with E-state index in [0.29, 0.717) is 0 Å². The van der Waals surface area contributed by atoms with E-state index in [1.165, 1.54) is 35.2 Å². The van der Waals surface area contributed by atoms with E-state index in [1.807, 2.05) is 0 Å². The van der Waals surface area contributed by atoms with Crippen LogP contribution < -0.4 is 9.80 Å². The van der Waals surface area contributed by atoms with Gasteiger partial charge >= 0.3 is 12.2 Å². The van der Waals surface area contributed by atoms with Crippen LogP contribution in [0.2, 0.25) is 0 Å². The number of carbonyl (C=O) groups excluding carboxylic acids is 1. The fourth-order valence-electron chi connectivity index (χ4n) is 3.87. The Morgan fingerprint density at radius 2 is 1.53 bits per heavy atom. The monoisotopic (exact) mass is 441 g/mol. The standard InChI is InChI=1S/C18H14F3N3O5S/c19-18(20,21)11-2-1-3-14(8-11)23-16-10-30(28,29)9-15(16)22(17(23)25)12-4-6-13(7-5-12)24(26)27/h1-8,15-16H,9-10H2. The van der Waals surface area contributed by atoms with Gasteiger partial charge in [0.05, 0.1) is 34.1 Å². The lowest BCUT2D eigenvalue weighted by Crippen LogP contribution is -2.38. The number of nitrogens with zero attached hydrogens (tertiary/aromatic N) is 3. The van der Waals surface area contributed by atoms with Crippen molar-refractivity contribution in [1.29, 1.82) is 0 Å². The Morgan fingerprint density at radius 1 is 0.967 bits per heavy atom. The second-order valence-corrected chi connectivity index (χ2v) is 9.21. The molecule has 0 aliphatic carbocycles. The van der Waals surface area contributed by atoms with Crippen molar-refractivity contribution in [3.63, 3.8) is 0 Å². The molecule has 8 nitrogen and oxygen atoms in total. The number of rotatable bonds is 3. The molecule has 2 aliphatic heterocycles. The maximum atomic E-state index is 13.2. The molecule has 0 aromatic heterocycles. The summed E-state index contributed by atoms with van der Waals surface area (Å²) >= 11 is 0. The van der Waals surface area contributed by atoms with Crippen LogP contribution in [0.5, 0.6) is 0 Å². The van der Waals surface area contributed by atoms with Gasteiger partial charge in [0.2, 0.25) is 0 Å². The van der Waals surface area contributed by atoms with Gasteiger partial charge in [0.15, 0.2) is 9.84 Å². The van der Waals surface area contributed by atoms with Crippen molar-refractivity contribution in [2.45, 2.75) is 18.3 Å². The molecule has 0 saturated carbocycles. The first-order valence-electron chi connectivity index (χ1n) is 8.72. The molecule has 0 spiro atoms. The number of non-ortho nitro benzene ring substituents is 1. The largest absolute Gasteiger partial charge is 0.416 e. The minimum atomic E-state index is -4.63. The van der Waals surface area contributed by atoms with Gasteiger partial charge in [-0.15, -0.1) is 0 Å². The Labute approximate surface area is 168 Å². The Bertz CT molecular complexity index is 1130. The molecule has 2 aromatic carbocycles. The molecule has 2 saturated heterocycles. The molecule has 12 heteroatoms. The molecule has 4 rings (SSSR count). The number of anilines is 2. The third kappa shape index (κ3) is 3.36. The van der Waals surface area contributed by atoms with Crippen molar-refractivity contribution in [1.82, 2.24) is 0 Å². The first-order chi connectivity index (χ1) is 14.0. The average Bonchev–Trinajstić information content (AvgIpc) is 3.09. The molecule has 0 radical (unpaired) electrons. The van der Waals surface area contributed by atoms with Gasteiger partial charge in [0, 0.05) is 23.5 Å². The van der Waals surface area contributed by atoms with Crippen LogP contribution in [-0.2, 0) is 16.0 Å². The maximum absolute atomic E-state index is 13.2. The summed E-state index contributed by atoms with van der Waals surface area (Å²) in [6.07, 6.45) is -4.63. The lowest BCUT2D eigenvalue weighted by molar-refractivity contribution is -0.384. The third-order valence-electron chi connectivity index (χ3n) is 5.16. The molecule has 2 amide bonds. The van der Waals surface area contributed by atoms with E-state index in [-0.39, 0.29) is 28.6 Å². The molecule has 2 atom stereocenters. The van der Waals surface area contributed by atoms with Crippen LogP contribution in [0.15, 0.2) is 48.5 Å². The fraction of sp³-hybridized carbons (Fsp3) is 0.278. The summed E-state index contributed by atoms with van der Waals surface area (Å²) in [5.41, 5.74) is -1.01. The van der Waals surface area contributed by atoms with Gasteiger partial charge in [-0.25, -0.2) is 13.2 Å². The predicted molar refractivity (Wildman–Crippen MR) is 101 cm³/mol. The van der Waals surface area contributed by atoms with Crippen molar-refractivity contribution < 1.29 is 31.3 Å². The second-order valence-electron chi connectivity index (χ2n) is 7.06. The summed E-state index contributed by atoms with van der Waals surface area (Å²) in [5, 5.41) is 10.9. The Balaban J connectivity index is 1.78. The van der Waals surface area contributed by atoms with E-state index in [4.69, 9.17) is 0 Å². The van der Waals surface area contributed by atoms with E-state index < -0.39 is 44.6 Å².